The third kappa shape index (κ3) is 15.4. The predicted molar refractivity (Wildman–Crippen MR) is 9.16 cm³/mol. The first-order valence-electron chi connectivity index (χ1n) is 0.365. The smallest absolute Gasteiger partial charge is 0 e. The molecule has 0 saturated heterocycles. The summed E-state index contributed by atoms with van der Waals surface area (Å²) >= 11 is 0. The third-order valence-electron chi connectivity index (χ3n) is 0. The molecule has 4 heavy (non-hydrogen) atoms. The average Bonchev–Trinajstić information content (AvgIpc) is 0.918. The molecule has 0 saturated carbocycles. The zero-order valence-corrected chi connectivity index (χ0v) is 5.87. The summed E-state index contributed by atoms with van der Waals surface area (Å²) in [7, 11) is 0. The maximum atomic E-state index is 8.00. The molecule has 0 amide bonds. The third-order valence-corrected chi connectivity index (χ3v) is 0. The van der Waals surface area contributed by atoms with Gasteiger partial charge in [0.25, 0.3) is 0 Å². The Morgan fingerprint density at radius 2 is 1.75 bits per heavy atom. The number of hydrogen-bond donors (Lipinski definition) is 0. The van der Waals surface area contributed by atoms with E-state index < -0.39 is 0 Å². The molecule has 0 heterocycles. The normalized spacial score (nSPS) is 3.00. The molecule has 0 aliphatic heterocycles. The summed E-state index contributed by atoms with van der Waals surface area (Å²) in [5.74, 6) is 0. The van der Waals surface area contributed by atoms with Crippen LogP contribution in [0.4, 0.5) is 0 Å². The van der Waals surface area contributed by atoms with Crippen molar-refractivity contribution in [2.75, 3.05) is 0 Å². The van der Waals surface area contributed by atoms with E-state index in [9.17, 15) is 0 Å². The molecule has 0 fully saturated rings. The van der Waals surface area contributed by atoms with Gasteiger partial charge in [-0.1, -0.05) is 0 Å². The van der Waals surface area contributed by atoms with Crippen LogP contribution >= 0.6 is 0 Å². The van der Waals surface area contributed by atoms with Gasteiger partial charge < -0.3 is 10.1 Å². The molecule has 0 aliphatic carbocycles. The summed E-state index contributed by atoms with van der Waals surface area (Å²) in [5.41, 5.74) is 0. The van der Waals surface area contributed by atoms with Gasteiger partial charge in [-0.15, -0.1) is 5.34 Å². The van der Waals surface area contributed by atoms with Gasteiger partial charge in [0.15, 0.2) is 0 Å². The van der Waals surface area contributed by atoms with Crippen molar-refractivity contribution in [3.8, 4) is 0 Å². The minimum absolute atomic E-state index is 0. The van der Waals surface area contributed by atoms with Crippen molar-refractivity contribution >= 4 is 0 Å². The molecule has 22 valence electrons. The molecule has 0 N–H and O–H groups in total. The van der Waals surface area contributed by atoms with Crippen molar-refractivity contribution < 1.29 is 39.9 Å². The molecule has 0 aromatic rings. The summed E-state index contributed by atoms with van der Waals surface area (Å²) in [4.78, 5) is 8.00. The first-order chi connectivity index (χ1) is 1.41. The Morgan fingerprint density at radius 3 is 1.75 bits per heavy atom. The van der Waals surface area contributed by atoms with Gasteiger partial charge >= 0.3 is 0 Å². The van der Waals surface area contributed by atoms with E-state index >= 15 is 0 Å². The van der Waals surface area contributed by atoms with Crippen LogP contribution in [-0.4, -0.2) is 0 Å². The van der Waals surface area contributed by atoms with Crippen molar-refractivity contribution in [1.82, 2.24) is 0 Å². The fourth-order valence-electron chi connectivity index (χ4n) is 0. The molecule has 0 aliphatic rings. The summed E-state index contributed by atoms with van der Waals surface area (Å²) < 4.78 is 0. The van der Waals surface area contributed by atoms with Crippen LogP contribution < -0.4 is 0 Å². The Kier molecular flexibility index (Phi) is 20.5. The van der Waals surface area contributed by atoms with Gasteiger partial charge in [-0.05, 0) is 0 Å². The Labute approximate surface area is 55.0 Å². The van der Waals surface area contributed by atoms with Crippen LogP contribution in [0.25, 0.3) is 0 Å². The minimum atomic E-state index is 0. The Hall–Kier alpha value is 0.725. The maximum Gasteiger partial charge on any atom is 0 e. The second-order valence-corrected chi connectivity index (χ2v) is 0.0745. The van der Waals surface area contributed by atoms with E-state index in [2.05, 4.69) is 0 Å². The van der Waals surface area contributed by atoms with Crippen molar-refractivity contribution in [3.05, 3.63) is 10.1 Å². The topological polar surface area (TPSA) is 52.5 Å². The summed E-state index contributed by atoms with van der Waals surface area (Å²) in [6, 6.07) is 0. The van der Waals surface area contributed by atoms with E-state index in [4.69, 9.17) is 10.1 Å². The molecular formula is NO2Th-. The second-order valence-electron chi connectivity index (χ2n) is 0.0745. The van der Waals surface area contributed by atoms with Gasteiger partial charge in [-0.2, -0.15) is 0 Å². The van der Waals surface area contributed by atoms with E-state index in [0.29, 0.717) is 0 Å². The average molecular weight is 278 g/mol. The Morgan fingerprint density at radius 1 is 1.75 bits per heavy atom. The Balaban J connectivity index is 0. The van der Waals surface area contributed by atoms with Gasteiger partial charge in [0.2, 0.25) is 0 Å². The molecule has 0 rings (SSSR count). The predicted octanol–water partition coefficient (Wildman–Crippen LogP) is 0.251. The maximum absolute atomic E-state index is 8.00. The molecule has 0 aromatic heterocycles. The largest absolute Gasteiger partial charge is 0.444 e. The Bertz CT molecular complexity index is 13.5. The summed E-state index contributed by atoms with van der Waals surface area (Å²) in [5, 5.41) is 9.00. The van der Waals surface area contributed by atoms with Gasteiger partial charge in [-0.25, -0.2) is 0 Å². The van der Waals surface area contributed by atoms with Crippen molar-refractivity contribution in [3.63, 3.8) is 0 Å². The van der Waals surface area contributed by atoms with Gasteiger partial charge in [0.1, 0.15) is 0 Å². The van der Waals surface area contributed by atoms with E-state index in [1.54, 1.807) is 0 Å². The van der Waals surface area contributed by atoms with E-state index in [-0.39, 0.29) is 39.9 Å². The van der Waals surface area contributed by atoms with E-state index in [1.807, 2.05) is 0 Å². The molecule has 0 radical (unpaired) electrons. The van der Waals surface area contributed by atoms with Crippen LogP contribution in [0.15, 0.2) is 5.34 Å². The quantitative estimate of drug-likeness (QED) is 0.471. The zero-order valence-electron chi connectivity index (χ0n) is 1.76. The SMILES string of the molecule is O=N[O-].[Th]. The fourth-order valence-corrected chi connectivity index (χ4v) is 0. The monoisotopic (exact) mass is 278 g/mol. The van der Waals surface area contributed by atoms with Crippen LogP contribution in [-0.2, 0) is 0 Å². The summed E-state index contributed by atoms with van der Waals surface area (Å²) in [6.45, 7) is 0. The van der Waals surface area contributed by atoms with Crippen LogP contribution in [0, 0.1) is 50.1 Å². The van der Waals surface area contributed by atoms with Gasteiger partial charge in [-0.3, -0.25) is 0 Å². The van der Waals surface area contributed by atoms with Gasteiger partial charge in [0.05, 0.1) is 0 Å². The van der Waals surface area contributed by atoms with E-state index in [1.165, 1.54) is 0 Å². The van der Waals surface area contributed by atoms with Crippen LogP contribution in [0.1, 0.15) is 0 Å². The van der Waals surface area contributed by atoms with Crippen molar-refractivity contribution in [1.29, 1.82) is 0 Å². The first kappa shape index (κ1) is 8.83. The van der Waals surface area contributed by atoms with E-state index in [0.717, 1.165) is 5.34 Å². The molecular weight excluding hydrogens is 278 g/mol. The molecule has 0 bridgehead atoms. The molecule has 0 aromatic carbocycles. The molecule has 4 heteroatoms. The molecule has 0 spiro atoms. The standard InChI is InChI=1S/HNO2.Th/c2-1-3;/h(H,2,3);/p-1. The molecule has 3 nitrogen and oxygen atoms in total. The van der Waals surface area contributed by atoms with Crippen molar-refractivity contribution in [2.45, 2.75) is 0 Å². The van der Waals surface area contributed by atoms with Crippen LogP contribution in [0.2, 0.25) is 0 Å². The zero-order chi connectivity index (χ0) is 2.71. The van der Waals surface area contributed by atoms with Crippen LogP contribution in [0.3, 0.4) is 0 Å². The van der Waals surface area contributed by atoms with Crippen molar-refractivity contribution in [2.24, 2.45) is 5.34 Å². The number of hydrogen-bond acceptors (Lipinski definition) is 3. The van der Waals surface area contributed by atoms with Gasteiger partial charge in [0, 0.05) is 39.9 Å². The number of nitrogens with zero attached hydrogens (tertiary/aromatic N) is 1. The number of rotatable bonds is 0. The molecule has 0 atom stereocenters. The minimum Gasteiger partial charge on any atom is -0.444 e. The van der Waals surface area contributed by atoms with Crippen LogP contribution in [0.5, 0.6) is 0 Å². The fraction of sp³-hybridized carbons (Fsp3) is 0. The summed E-state index contributed by atoms with van der Waals surface area (Å²) in [6.07, 6.45) is 0. The second kappa shape index (κ2) is 9.30. The molecule has 0 unspecified atom stereocenters. The first-order valence-corrected chi connectivity index (χ1v) is 0.365.